The molecule has 1 rings (SSSR count). The Morgan fingerprint density at radius 1 is 0.769 bits per heavy atom. The van der Waals surface area contributed by atoms with Gasteiger partial charge in [-0.15, -0.1) is 0 Å². The lowest BCUT2D eigenvalue weighted by atomic mass is 10.2. The molecule has 0 nitrogen and oxygen atoms in total. The van der Waals surface area contributed by atoms with Crippen molar-refractivity contribution in [3.05, 3.63) is 48.6 Å². The van der Waals surface area contributed by atoms with Crippen LogP contribution < -0.4 is 0 Å². The van der Waals surface area contributed by atoms with E-state index in [1.54, 1.807) is 0 Å². The first kappa shape index (κ1) is 10.0. The molecule has 0 heteroatoms. The van der Waals surface area contributed by atoms with Crippen molar-refractivity contribution in [3.63, 3.8) is 0 Å². The number of allylic oxidation sites excluding steroid dienone is 8. The van der Waals surface area contributed by atoms with Crippen molar-refractivity contribution in [1.29, 1.82) is 0 Å². The Kier molecular flexibility index (Phi) is 5.87. The minimum absolute atomic E-state index is 0.998. The Bertz CT molecular complexity index is 216. The average molecular weight is 173 g/mol. The molecule has 0 amide bonds. The van der Waals surface area contributed by atoms with Crippen LogP contribution in [0.25, 0.3) is 0 Å². The lowest BCUT2D eigenvalue weighted by Gasteiger charge is -1.88. The summed E-state index contributed by atoms with van der Waals surface area (Å²) in [4.78, 5) is 0. The van der Waals surface area contributed by atoms with Gasteiger partial charge in [0.2, 0.25) is 0 Å². The Hall–Kier alpha value is -1.04. The van der Waals surface area contributed by atoms with Crippen LogP contribution in [0.15, 0.2) is 42.5 Å². The van der Waals surface area contributed by atoms with Gasteiger partial charge in [0.05, 0.1) is 0 Å². The number of hydrogen-bond acceptors (Lipinski definition) is 0. The van der Waals surface area contributed by atoms with Crippen LogP contribution in [-0.2, 0) is 0 Å². The zero-order valence-electron chi connectivity index (χ0n) is 8.08. The highest BCUT2D eigenvalue weighted by Crippen LogP contribution is 2.00. The van der Waals surface area contributed by atoms with Gasteiger partial charge >= 0.3 is 0 Å². The fourth-order valence-electron chi connectivity index (χ4n) is 1.19. The third kappa shape index (κ3) is 6.15. The van der Waals surface area contributed by atoms with Crippen LogP contribution in [0.3, 0.4) is 0 Å². The maximum Gasteiger partial charge on any atom is -0.0160 e. The largest absolute Gasteiger partial charge is 0.0882 e. The second-order valence-electron chi connectivity index (χ2n) is 3.12. The van der Waals surface area contributed by atoms with Crippen LogP contribution >= 0.6 is 0 Å². The van der Waals surface area contributed by atoms with Gasteiger partial charge in [0.15, 0.2) is 0 Å². The lowest BCUT2D eigenvalue weighted by Crippen LogP contribution is -1.68. The fraction of sp³-hybridized carbons (Fsp3) is 0.385. The van der Waals surface area contributed by atoms with Crippen LogP contribution in [0.1, 0.15) is 32.1 Å². The van der Waals surface area contributed by atoms with Crippen LogP contribution in [0.2, 0.25) is 0 Å². The van der Waals surface area contributed by atoms with E-state index in [2.05, 4.69) is 42.5 Å². The molecule has 0 unspecified atom stereocenters. The summed E-state index contributed by atoms with van der Waals surface area (Å²) in [6.07, 6.45) is 24.0. The topological polar surface area (TPSA) is 0 Å². The quantitative estimate of drug-likeness (QED) is 0.486. The van der Waals surface area contributed by atoms with Crippen LogP contribution in [0, 0.1) is 6.08 Å². The second kappa shape index (κ2) is 7.60. The fourth-order valence-corrected chi connectivity index (χ4v) is 1.19. The molecule has 0 atom stereocenters. The third-order valence-corrected chi connectivity index (χ3v) is 1.93. The molecule has 0 aromatic carbocycles. The molecular weight excluding hydrogens is 156 g/mol. The summed E-state index contributed by atoms with van der Waals surface area (Å²) in [7, 11) is 0. The van der Waals surface area contributed by atoms with Gasteiger partial charge in [0.1, 0.15) is 0 Å². The maximum absolute atomic E-state index is 3.15. The van der Waals surface area contributed by atoms with Crippen molar-refractivity contribution >= 4 is 0 Å². The smallest absolute Gasteiger partial charge is 0.0160 e. The molecule has 69 valence electrons. The highest BCUT2D eigenvalue weighted by Gasteiger charge is 1.80. The molecule has 0 aromatic rings. The monoisotopic (exact) mass is 173 g/mol. The van der Waals surface area contributed by atoms with E-state index >= 15 is 0 Å². The number of rotatable bonds is 0. The van der Waals surface area contributed by atoms with Gasteiger partial charge in [-0.3, -0.25) is 0 Å². The zero-order chi connectivity index (χ0) is 9.19. The van der Waals surface area contributed by atoms with E-state index in [0.717, 1.165) is 12.8 Å². The first-order chi connectivity index (χ1) is 6.50. The maximum atomic E-state index is 3.15. The van der Waals surface area contributed by atoms with E-state index in [-0.39, 0.29) is 0 Å². The molecule has 0 saturated heterocycles. The minimum Gasteiger partial charge on any atom is -0.0882 e. The summed E-state index contributed by atoms with van der Waals surface area (Å²) in [5, 5.41) is 0. The molecule has 0 aliphatic heterocycles. The molecule has 0 bridgehead atoms. The van der Waals surface area contributed by atoms with E-state index in [0.29, 0.717) is 0 Å². The summed E-state index contributed by atoms with van der Waals surface area (Å²) in [5.41, 5.74) is 0. The summed E-state index contributed by atoms with van der Waals surface area (Å²) >= 11 is 0. The normalized spacial score (nSPS) is 28.9. The van der Waals surface area contributed by atoms with E-state index in [9.17, 15) is 0 Å². The molecule has 0 aromatic heterocycles. The van der Waals surface area contributed by atoms with E-state index in [1.807, 2.05) is 6.08 Å². The summed E-state index contributed by atoms with van der Waals surface area (Å²) in [6.45, 7) is 0. The van der Waals surface area contributed by atoms with Gasteiger partial charge < -0.3 is 0 Å². The lowest BCUT2D eigenvalue weighted by molar-refractivity contribution is 0.866. The standard InChI is InChI=1S/C13H17/c1-2-4-6-8-10-12-13-11-9-7-5-3-1/h1-2,5-7,10,12H,3-4,9,11,13H2/b2-1+,7-5-,8-6?,12-10+. The average Bonchev–Trinajstić information content (AvgIpc) is 2.18. The molecule has 0 heterocycles. The van der Waals surface area contributed by atoms with Crippen molar-refractivity contribution < 1.29 is 0 Å². The molecular formula is C13H17. The second-order valence-corrected chi connectivity index (χ2v) is 3.12. The molecule has 1 aliphatic carbocycles. The third-order valence-electron chi connectivity index (χ3n) is 1.93. The van der Waals surface area contributed by atoms with Crippen molar-refractivity contribution in [3.8, 4) is 0 Å². The molecule has 0 spiro atoms. The van der Waals surface area contributed by atoms with Gasteiger partial charge in [-0.25, -0.2) is 0 Å². The highest BCUT2D eigenvalue weighted by atomic mass is 13.9. The summed E-state index contributed by atoms with van der Waals surface area (Å²) in [5.74, 6) is 0. The molecule has 0 N–H and O–H groups in total. The molecule has 13 heavy (non-hydrogen) atoms. The Balaban J connectivity index is 2.38. The summed E-state index contributed by atoms with van der Waals surface area (Å²) < 4.78 is 0. The van der Waals surface area contributed by atoms with Crippen molar-refractivity contribution in [1.82, 2.24) is 0 Å². The van der Waals surface area contributed by atoms with Crippen molar-refractivity contribution in [2.45, 2.75) is 32.1 Å². The van der Waals surface area contributed by atoms with Gasteiger partial charge in [-0.1, -0.05) is 42.5 Å². The first-order valence-corrected chi connectivity index (χ1v) is 5.03. The predicted molar refractivity (Wildman–Crippen MR) is 58.3 cm³/mol. The Labute approximate surface area is 81.4 Å². The Morgan fingerprint density at radius 2 is 1.54 bits per heavy atom. The van der Waals surface area contributed by atoms with Crippen LogP contribution in [-0.4, -0.2) is 0 Å². The zero-order valence-corrected chi connectivity index (χ0v) is 8.08. The van der Waals surface area contributed by atoms with Crippen molar-refractivity contribution in [2.24, 2.45) is 0 Å². The van der Waals surface area contributed by atoms with Gasteiger partial charge in [-0.2, -0.15) is 0 Å². The predicted octanol–water partition coefficient (Wildman–Crippen LogP) is 3.98. The van der Waals surface area contributed by atoms with E-state index < -0.39 is 0 Å². The Morgan fingerprint density at radius 3 is 2.54 bits per heavy atom. The highest BCUT2D eigenvalue weighted by molar-refractivity contribution is 5.01. The minimum atomic E-state index is 0.998. The number of hydrogen-bond donors (Lipinski definition) is 0. The van der Waals surface area contributed by atoms with Gasteiger partial charge in [-0.05, 0) is 38.2 Å². The molecule has 1 aliphatic rings. The van der Waals surface area contributed by atoms with Crippen LogP contribution in [0.4, 0.5) is 0 Å². The van der Waals surface area contributed by atoms with Gasteiger partial charge in [0.25, 0.3) is 0 Å². The summed E-state index contributed by atoms with van der Waals surface area (Å²) in [6, 6.07) is 0. The molecule has 0 fully saturated rings. The van der Waals surface area contributed by atoms with Gasteiger partial charge in [0, 0.05) is 0 Å². The van der Waals surface area contributed by atoms with Crippen molar-refractivity contribution in [2.75, 3.05) is 0 Å². The van der Waals surface area contributed by atoms with Crippen LogP contribution in [0.5, 0.6) is 0 Å². The van der Waals surface area contributed by atoms with E-state index in [4.69, 9.17) is 0 Å². The van der Waals surface area contributed by atoms with E-state index in [1.165, 1.54) is 19.3 Å². The first-order valence-electron chi connectivity index (χ1n) is 5.03. The SMILES string of the molecule is [C]1=C/C/C=C/C/C=C\CCC/C=C/1. The molecule has 0 saturated carbocycles. The molecule has 1 radical (unpaired) electrons.